The molecular formula is C26H23ClFN3O. The van der Waals surface area contributed by atoms with Gasteiger partial charge in [0.15, 0.2) is 0 Å². The number of fused-ring (bicyclic) bond motifs is 1. The van der Waals surface area contributed by atoms with E-state index in [1.807, 2.05) is 59.2 Å². The Bertz CT molecular complexity index is 1230. The molecule has 32 heavy (non-hydrogen) atoms. The average Bonchev–Trinajstić information content (AvgIpc) is 3.16. The summed E-state index contributed by atoms with van der Waals surface area (Å²) in [4.78, 5) is 16.8. The lowest BCUT2D eigenvalue weighted by Gasteiger charge is -2.12. The first kappa shape index (κ1) is 21.8. The highest BCUT2D eigenvalue weighted by molar-refractivity contribution is 6.31. The summed E-state index contributed by atoms with van der Waals surface area (Å²) >= 11 is 6.26. The van der Waals surface area contributed by atoms with Crippen LogP contribution in [0.3, 0.4) is 0 Å². The van der Waals surface area contributed by atoms with Crippen molar-refractivity contribution in [2.75, 3.05) is 6.54 Å². The Morgan fingerprint density at radius 2 is 1.81 bits per heavy atom. The maximum atomic E-state index is 14.4. The van der Waals surface area contributed by atoms with Crippen molar-refractivity contribution in [2.45, 2.75) is 19.4 Å². The number of imidazole rings is 1. The zero-order chi connectivity index (χ0) is 22.3. The highest BCUT2D eigenvalue weighted by atomic mass is 35.5. The number of rotatable bonds is 8. The van der Waals surface area contributed by atoms with Gasteiger partial charge >= 0.3 is 0 Å². The van der Waals surface area contributed by atoms with Crippen molar-refractivity contribution in [1.82, 2.24) is 14.9 Å². The number of nitrogens with zero attached hydrogens (tertiary/aromatic N) is 2. The van der Waals surface area contributed by atoms with Gasteiger partial charge in [0.25, 0.3) is 0 Å². The van der Waals surface area contributed by atoms with Crippen molar-refractivity contribution < 1.29 is 9.18 Å². The molecule has 0 aliphatic carbocycles. The van der Waals surface area contributed by atoms with Crippen molar-refractivity contribution in [1.29, 1.82) is 0 Å². The lowest BCUT2D eigenvalue weighted by Crippen LogP contribution is -2.22. The van der Waals surface area contributed by atoms with Crippen molar-refractivity contribution in [3.05, 3.63) is 107 Å². The van der Waals surface area contributed by atoms with Gasteiger partial charge in [-0.3, -0.25) is 4.79 Å². The van der Waals surface area contributed by atoms with E-state index >= 15 is 0 Å². The molecule has 1 N–H and O–H groups in total. The number of aromatic nitrogens is 2. The molecule has 0 bridgehead atoms. The van der Waals surface area contributed by atoms with E-state index in [0.717, 1.165) is 22.4 Å². The first-order valence-corrected chi connectivity index (χ1v) is 10.9. The molecule has 4 aromatic rings. The molecule has 6 heteroatoms. The second-order valence-corrected chi connectivity index (χ2v) is 7.85. The van der Waals surface area contributed by atoms with E-state index in [1.54, 1.807) is 18.2 Å². The monoisotopic (exact) mass is 447 g/mol. The lowest BCUT2D eigenvalue weighted by atomic mass is 10.2. The van der Waals surface area contributed by atoms with Crippen molar-refractivity contribution in [3.63, 3.8) is 0 Å². The molecule has 0 fully saturated rings. The Kier molecular flexibility index (Phi) is 6.97. The SMILES string of the molecule is O=C(/C=C/c1ccccc1)NCCCc1nc2ccccc2n1Cc1c(F)cccc1Cl. The summed E-state index contributed by atoms with van der Waals surface area (Å²) in [7, 11) is 0. The van der Waals surface area contributed by atoms with E-state index in [2.05, 4.69) is 5.32 Å². The zero-order valence-electron chi connectivity index (χ0n) is 17.5. The minimum absolute atomic E-state index is 0.138. The van der Waals surface area contributed by atoms with Gasteiger partial charge in [0.2, 0.25) is 5.91 Å². The number of para-hydroxylation sites is 2. The number of aryl methyl sites for hydroxylation is 1. The molecule has 1 aromatic heterocycles. The minimum atomic E-state index is -0.335. The van der Waals surface area contributed by atoms with E-state index in [4.69, 9.17) is 16.6 Å². The van der Waals surface area contributed by atoms with E-state index in [1.165, 1.54) is 12.1 Å². The van der Waals surface area contributed by atoms with Gasteiger partial charge in [-0.1, -0.05) is 60.1 Å². The normalized spacial score (nSPS) is 11.3. The van der Waals surface area contributed by atoms with Crippen molar-refractivity contribution >= 4 is 34.6 Å². The molecule has 0 spiro atoms. The standard InChI is InChI=1S/C26H23ClFN3O/c27-21-10-6-11-22(28)20(21)18-31-24-13-5-4-12-23(24)30-25(31)14-7-17-29-26(32)16-15-19-8-2-1-3-9-19/h1-6,8-13,15-16H,7,14,17-18H2,(H,29,32)/b16-15+. The Hall–Kier alpha value is -3.44. The van der Waals surface area contributed by atoms with Crippen molar-refractivity contribution in [2.24, 2.45) is 0 Å². The smallest absolute Gasteiger partial charge is 0.243 e. The molecule has 0 unspecified atom stereocenters. The third kappa shape index (κ3) is 5.24. The number of carbonyl (C=O) groups is 1. The number of amides is 1. The zero-order valence-corrected chi connectivity index (χ0v) is 18.2. The van der Waals surface area contributed by atoms with Crippen LogP contribution in [0, 0.1) is 5.82 Å². The van der Waals surface area contributed by atoms with Gasteiger partial charge in [-0.25, -0.2) is 9.37 Å². The molecule has 3 aromatic carbocycles. The third-order valence-corrected chi connectivity index (χ3v) is 5.57. The van der Waals surface area contributed by atoms with Crippen LogP contribution < -0.4 is 5.32 Å². The van der Waals surface area contributed by atoms with Crippen LogP contribution in [0.2, 0.25) is 5.02 Å². The number of halogens is 2. The fraction of sp³-hybridized carbons (Fsp3) is 0.154. The number of nitrogens with one attached hydrogen (secondary N) is 1. The molecule has 0 aliphatic heterocycles. The molecule has 4 nitrogen and oxygen atoms in total. The van der Waals surface area contributed by atoms with Crippen LogP contribution in [0.5, 0.6) is 0 Å². The van der Waals surface area contributed by atoms with Gasteiger partial charge in [-0.2, -0.15) is 0 Å². The van der Waals surface area contributed by atoms with Gasteiger partial charge in [-0.15, -0.1) is 0 Å². The second-order valence-electron chi connectivity index (χ2n) is 7.44. The maximum Gasteiger partial charge on any atom is 0.243 e. The van der Waals surface area contributed by atoms with Gasteiger partial charge in [0.05, 0.1) is 17.6 Å². The predicted molar refractivity (Wildman–Crippen MR) is 127 cm³/mol. The number of benzene rings is 3. The average molecular weight is 448 g/mol. The van der Waals surface area contributed by atoms with E-state index < -0.39 is 0 Å². The highest BCUT2D eigenvalue weighted by Gasteiger charge is 2.14. The molecule has 1 amide bonds. The predicted octanol–water partition coefficient (Wildman–Crippen LogP) is 5.64. The Morgan fingerprint density at radius 3 is 2.62 bits per heavy atom. The molecular weight excluding hydrogens is 425 g/mol. The first-order chi connectivity index (χ1) is 15.6. The molecule has 1 heterocycles. The summed E-state index contributed by atoms with van der Waals surface area (Å²) in [6, 6.07) is 22.2. The van der Waals surface area contributed by atoms with Crippen LogP contribution in [-0.2, 0) is 17.8 Å². The fourth-order valence-electron chi connectivity index (χ4n) is 3.59. The largest absolute Gasteiger partial charge is 0.353 e. The van der Waals surface area contributed by atoms with Crippen LogP contribution in [0.15, 0.2) is 78.9 Å². The molecule has 162 valence electrons. The molecule has 0 radical (unpaired) electrons. The number of hydrogen-bond acceptors (Lipinski definition) is 2. The van der Waals surface area contributed by atoms with E-state index in [0.29, 0.717) is 36.5 Å². The van der Waals surface area contributed by atoms with Crippen LogP contribution in [0.4, 0.5) is 4.39 Å². The first-order valence-electron chi connectivity index (χ1n) is 10.5. The topological polar surface area (TPSA) is 46.9 Å². The lowest BCUT2D eigenvalue weighted by molar-refractivity contribution is -0.116. The van der Waals surface area contributed by atoms with Crippen LogP contribution >= 0.6 is 11.6 Å². The molecule has 0 saturated carbocycles. The number of hydrogen-bond donors (Lipinski definition) is 1. The van der Waals surface area contributed by atoms with E-state index in [-0.39, 0.29) is 11.7 Å². The molecule has 0 aliphatic rings. The summed E-state index contributed by atoms with van der Waals surface area (Å²) in [6.07, 6.45) is 4.67. The molecule has 0 saturated heterocycles. The Morgan fingerprint density at radius 1 is 1.03 bits per heavy atom. The van der Waals surface area contributed by atoms with Gasteiger partial charge in [0, 0.05) is 29.6 Å². The van der Waals surface area contributed by atoms with Crippen LogP contribution in [0.1, 0.15) is 23.4 Å². The van der Waals surface area contributed by atoms with Gasteiger partial charge in [-0.05, 0) is 42.3 Å². The maximum absolute atomic E-state index is 14.4. The fourth-order valence-corrected chi connectivity index (χ4v) is 3.81. The summed E-state index contributed by atoms with van der Waals surface area (Å²) in [5, 5.41) is 3.30. The summed E-state index contributed by atoms with van der Waals surface area (Å²) in [5.41, 5.74) is 3.20. The van der Waals surface area contributed by atoms with Crippen LogP contribution in [-0.4, -0.2) is 22.0 Å². The highest BCUT2D eigenvalue weighted by Crippen LogP contribution is 2.24. The van der Waals surface area contributed by atoms with Crippen molar-refractivity contribution in [3.8, 4) is 0 Å². The Labute approximate surface area is 191 Å². The second kappa shape index (κ2) is 10.2. The number of carbonyl (C=O) groups excluding carboxylic acids is 1. The molecule has 0 atom stereocenters. The summed E-state index contributed by atoms with van der Waals surface area (Å²) < 4.78 is 16.4. The Balaban J connectivity index is 1.42. The summed E-state index contributed by atoms with van der Waals surface area (Å²) in [5.74, 6) is 0.360. The molecule has 4 rings (SSSR count). The summed E-state index contributed by atoms with van der Waals surface area (Å²) in [6.45, 7) is 0.815. The van der Waals surface area contributed by atoms with E-state index in [9.17, 15) is 9.18 Å². The van der Waals surface area contributed by atoms with Crippen LogP contribution in [0.25, 0.3) is 17.1 Å². The minimum Gasteiger partial charge on any atom is -0.353 e. The third-order valence-electron chi connectivity index (χ3n) is 5.21. The quantitative estimate of drug-likeness (QED) is 0.280. The van der Waals surface area contributed by atoms with Gasteiger partial charge < -0.3 is 9.88 Å². The van der Waals surface area contributed by atoms with Gasteiger partial charge in [0.1, 0.15) is 11.6 Å².